The molecule has 2 amide bonds. The van der Waals surface area contributed by atoms with Gasteiger partial charge in [-0.2, -0.15) is 9.36 Å². The Labute approximate surface area is 321 Å². The highest BCUT2D eigenvalue weighted by Gasteiger charge is 2.55. The Morgan fingerprint density at radius 2 is 1.66 bits per heavy atom. The van der Waals surface area contributed by atoms with Gasteiger partial charge < -0.3 is 14.0 Å². The van der Waals surface area contributed by atoms with Crippen molar-refractivity contribution in [3.8, 4) is 16.8 Å². The molecule has 0 radical (unpaired) electrons. The minimum atomic E-state index is -0.932. The van der Waals surface area contributed by atoms with E-state index in [0.717, 1.165) is 9.58 Å². The molecule has 0 bridgehead atoms. The first-order valence-electron chi connectivity index (χ1n) is 17.5. The summed E-state index contributed by atoms with van der Waals surface area (Å²) in [5, 5.41) is 16.4. The molecule has 5 heterocycles. The molecule has 56 heavy (non-hydrogen) atoms. The lowest BCUT2D eigenvalue weighted by molar-refractivity contribution is -0.125. The van der Waals surface area contributed by atoms with Crippen LogP contribution < -0.4 is 10.5 Å². The first kappa shape index (κ1) is 34.9. The number of benzene rings is 3. The molecule has 0 N–H and O–H groups in total. The standard InChI is InChI=1S/C39H29ClN8O8/c1-39(2,3)56-38(54)48-30-12-19(8-10-24(30)34(42-48)47-35(51)22-6-4-5-7-23(22)36(47)52)37(53)55-17-31(49)33-27-16-26(27)29-13-20(14-32(50)46(29)33)25-15-21(40)9-11-28(25)45-18-41-43-44-45/h4-15,18,26-27,33H,16-17H2,1-3H3/t26-,27+,33+/m1/s1. The average Bonchev–Trinajstić information content (AvgIpc) is 3.45. The highest BCUT2D eigenvalue weighted by Crippen LogP contribution is 2.59. The van der Waals surface area contributed by atoms with E-state index in [1.807, 2.05) is 6.07 Å². The molecule has 3 aromatic carbocycles. The lowest BCUT2D eigenvalue weighted by atomic mass is 10.0. The Hall–Kier alpha value is -6.81. The van der Waals surface area contributed by atoms with Crippen LogP contribution in [-0.2, 0) is 14.3 Å². The number of imide groups is 1. The van der Waals surface area contributed by atoms with Gasteiger partial charge in [0.15, 0.2) is 18.2 Å². The van der Waals surface area contributed by atoms with Crippen molar-refractivity contribution in [2.75, 3.05) is 11.5 Å². The number of aromatic nitrogens is 7. The summed E-state index contributed by atoms with van der Waals surface area (Å²) in [7, 11) is 0. The van der Waals surface area contributed by atoms with Crippen molar-refractivity contribution in [3.05, 3.63) is 117 Å². The predicted molar refractivity (Wildman–Crippen MR) is 198 cm³/mol. The smallest absolute Gasteiger partial charge is 0.435 e. The molecular weight excluding hydrogens is 744 g/mol. The zero-order chi connectivity index (χ0) is 39.2. The number of amides is 2. The van der Waals surface area contributed by atoms with Crippen LogP contribution >= 0.6 is 11.6 Å². The maximum absolute atomic E-state index is 13.7. The third-order valence-electron chi connectivity index (χ3n) is 10.0. The lowest BCUT2D eigenvalue weighted by Gasteiger charge is -2.19. The fraction of sp³-hybridized carbons (Fsp3) is 0.231. The highest BCUT2D eigenvalue weighted by atomic mass is 35.5. The van der Waals surface area contributed by atoms with Crippen molar-refractivity contribution in [3.63, 3.8) is 0 Å². The van der Waals surface area contributed by atoms with Gasteiger partial charge in [-0.1, -0.05) is 23.7 Å². The van der Waals surface area contributed by atoms with Gasteiger partial charge in [-0.3, -0.25) is 19.2 Å². The van der Waals surface area contributed by atoms with Crippen LogP contribution in [0.3, 0.4) is 0 Å². The van der Waals surface area contributed by atoms with Crippen molar-refractivity contribution in [2.24, 2.45) is 5.92 Å². The number of esters is 1. The number of carbonyl (C=O) groups excluding carboxylic acids is 5. The number of halogens is 1. The quantitative estimate of drug-likeness (QED) is 0.153. The summed E-state index contributed by atoms with van der Waals surface area (Å²) in [5.41, 5.74) is 1.58. The zero-order valence-corrected chi connectivity index (χ0v) is 30.6. The minimum Gasteiger partial charge on any atom is -0.454 e. The van der Waals surface area contributed by atoms with Crippen LogP contribution in [-0.4, -0.2) is 76.4 Å². The second-order valence-corrected chi connectivity index (χ2v) is 15.2. The second kappa shape index (κ2) is 12.6. The molecule has 0 unspecified atom stereocenters. The normalized spacial score (nSPS) is 18.1. The van der Waals surface area contributed by atoms with E-state index >= 15 is 0 Å². The number of anilines is 1. The Kier molecular flexibility index (Phi) is 7.88. The van der Waals surface area contributed by atoms with E-state index in [1.165, 1.54) is 52.0 Å². The van der Waals surface area contributed by atoms with Gasteiger partial charge in [-0.25, -0.2) is 14.5 Å². The van der Waals surface area contributed by atoms with Gasteiger partial charge in [-0.15, -0.1) is 10.2 Å². The molecule has 1 aliphatic carbocycles. The van der Waals surface area contributed by atoms with Crippen LogP contribution in [0.15, 0.2) is 83.9 Å². The van der Waals surface area contributed by atoms with Crippen LogP contribution in [0.4, 0.5) is 10.6 Å². The Morgan fingerprint density at radius 1 is 0.911 bits per heavy atom. The Morgan fingerprint density at radius 3 is 2.36 bits per heavy atom. The number of rotatable bonds is 7. The molecule has 2 aliphatic heterocycles. The summed E-state index contributed by atoms with van der Waals surface area (Å²) in [5.74, 6) is -2.88. The molecule has 1 fully saturated rings. The van der Waals surface area contributed by atoms with E-state index in [-0.39, 0.29) is 45.2 Å². The third-order valence-corrected chi connectivity index (χ3v) is 10.2. The summed E-state index contributed by atoms with van der Waals surface area (Å²) >= 11 is 6.34. The van der Waals surface area contributed by atoms with Crippen LogP contribution in [0.25, 0.3) is 27.7 Å². The molecule has 3 atom stereocenters. The summed E-state index contributed by atoms with van der Waals surface area (Å²) in [6.07, 6.45) is 1.20. The van der Waals surface area contributed by atoms with Gasteiger partial charge in [0.2, 0.25) is 0 Å². The summed E-state index contributed by atoms with van der Waals surface area (Å²) in [6, 6.07) is 18.1. The maximum atomic E-state index is 13.7. The second-order valence-electron chi connectivity index (χ2n) is 14.7. The minimum absolute atomic E-state index is 0.0325. The number of hydrogen-bond donors (Lipinski definition) is 0. The number of ether oxygens (including phenoxy) is 2. The first-order chi connectivity index (χ1) is 26.8. The molecule has 3 aromatic heterocycles. The summed E-state index contributed by atoms with van der Waals surface area (Å²) in [6.45, 7) is 4.36. The van der Waals surface area contributed by atoms with E-state index in [9.17, 15) is 28.8 Å². The fourth-order valence-electron chi connectivity index (χ4n) is 7.55. The topological polar surface area (TPSA) is 190 Å². The zero-order valence-electron chi connectivity index (χ0n) is 29.9. The fourth-order valence-corrected chi connectivity index (χ4v) is 7.72. The number of carbonyl (C=O) groups is 5. The molecule has 0 spiro atoms. The molecule has 0 saturated heterocycles. The van der Waals surface area contributed by atoms with Crippen molar-refractivity contribution >= 4 is 58.0 Å². The SMILES string of the molecule is CC(C)(C)OC(=O)n1nc(N2C(=O)c3ccccc3C2=O)c2ccc(C(=O)OCC(=O)[C@@H]3[C@H]4C[C@H]4c4cc(-c5cc(Cl)ccc5-n5cnnn5)cc(=O)n43)cc21. The Bertz CT molecular complexity index is 2730. The van der Waals surface area contributed by atoms with Gasteiger partial charge in [0, 0.05) is 33.7 Å². The van der Waals surface area contributed by atoms with Crippen LogP contribution in [0.5, 0.6) is 0 Å². The van der Waals surface area contributed by atoms with Crippen molar-refractivity contribution in [1.82, 2.24) is 34.6 Å². The lowest BCUT2D eigenvalue weighted by Crippen LogP contribution is -2.32. The van der Waals surface area contributed by atoms with E-state index < -0.39 is 53.5 Å². The Balaban J connectivity index is 0.984. The predicted octanol–water partition coefficient (Wildman–Crippen LogP) is 5.16. The summed E-state index contributed by atoms with van der Waals surface area (Å²) in [4.78, 5) is 81.8. The van der Waals surface area contributed by atoms with Crippen molar-refractivity contribution < 1.29 is 33.4 Å². The molecule has 9 rings (SSSR count). The molecular formula is C39H29ClN8O8. The van der Waals surface area contributed by atoms with Crippen LogP contribution in [0.1, 0.15) is 75.9 Å². The van der Waals surface area contributed by atoms with E-state index in [4.69, 9.17) is 21.1 Å². The first-order valence-corrected chi connectivity index (χ1v) is 17.9. The molecule has 1 saturated carbocycles. The van der Waals surface area contributed by atoms with Crippen molar-refractivity contribution in [1.29, 1.82) is 0 Å². The van der Waals surface area contributed by atoms with Gasteiger partial charge in [0.05, 0.1) is 27.9 Å². The van der Waals surface area contributed by atoms with Gasteiger partial charge in [0.1, 0.15) is 18.0 Å². The van der Waals surface area contributed by atoms with Crippen molar-refractivity contribution in [2.45, 2.75) is 44.8 Å². The van der Waals surface area contributed by atoms with Crippen LogP contribution in [0, 0.1) is 5.92 Å². The molecule has 17 heteroatoms. The van der Waals surface area contributed by atoms with Gasteiger partial charge in [-0.05, 0) is 104 Å². The molecule has 280 valence electrons. The van der Waals surface area contributed by atoms with E-state index in [1.54, 1.807) is 51.1 Å². The largest absolute Gasteiger partial charge is 0.454 e. The number of ketones is 1. The number of hydrogen-bond acceptors (Lipinski definition) is 12. The third kappa shape index (κ3) is 5.68. The van der Waals surface area contributed by atoms with Gasteiger partial charge >= 0.3 is 12.1 Å². The number of pyridine rings is 1. The average molecular weight is 773 g/mol. The number of Topliss-reactive ketones (excluding diaryl/α,β-unsaturated/α-hetero) is 1. The number of tetrazole rings is 1. The van der Waals surface area contributed by atoms with Crippen LogP contribution in [0.2, 0.25) is 5.02 Å². The summed E-state index contributed by atoms with van der Waals surface area (Å²) < 4.78 is 14.8. The van der Waals surface area contributed by atoms with E-state index in [0.29, 0.717) is 34.0 Å². The molecule has 16 nitrogen and oxygen atoms in total. The number of fused-ring (bicyclic) bond motifs is 5. The highest BCUT2D eigenvalue weighted by molar-refractivity contribution is 6.35. The maximum Gasteiger partial charge on any atom is 0.435 e. The van der Waals surface area contributed by atoms with E-state index in [2.05, 4.69) is 20.6 Å². The monoisotopic (exact) mass is 772 g/mol. The molecule has 3 aliphatic rings. The molecule has 6 aromatic rings. The number of nitrogens with zero attached hydrogens (tertiary/aromatic N) is 8. The van der Waals surface area contributed by atoms with Gasteiger partial charge in [0.25, 0.3) is 17.4 Å².